The zero-order valence-corrected chi connectivity index (χ0v) is 17.3. The van der Waals surface area contributed by atoms with Gasteiger partial charge in [-0.3, -0.25) is 14.7 Å². The van der Waals surface area contributed by atoms with Crippen LogP contribution in [0.25, 0.3) is 0 Å². The van der Waals surface area contributed by atoms with Crippen molar-refractivity contribution in [2.75, 3.05) is 6.54 Å². The Kier molecular flexibility index (Phi) is 5.92. The minimum Gasteiger partial charge on any atom is -0.508 e. The van der Waals surface area contributed by atoms with Crippen LogP contribution in [0, 0.1) is 6.92 Å². The van der Waals surface area contributed by atoms with Crippen LogP contribution in [0.4, 0.5) is 0 Å². The first-order valence-electron chi connectivity index (χ1n) is 9.84. The Morgan fingerprint density at radius 2 is 2.10 bits per heavy atom. The summed E-state index contributed by atoms with van der Waals surface area (Å²) in [6.45, 7) is 5.21. The summed E-state index contributed by atoms with van der Waals surface area (Å²) in [5.41, 5.74) is 5.91. The number of aromatic hydroxyl groups is 1. The minimum atomic E-state index is 0.0502. The lowest BCUT2D eigenvalue weighted by atomic mass is 9.94. The minimum absolute atomic E-state index is 0.0502. The van der Waals surface area contributed by atoms with Gasteiger partial charge in [-0.15, -0.1) is 11.3 Å². The van der Waals surface area contributed by atoms with Gasteiger partial charge in [0.05, 0.1) is 6.42 Å². The molecule has 1 aliphatic heterocycles. The first kappa shape index (κ1) is 19.6. The third-order valence-electron chi connectivity index (χ3n) is 5.39. The molecule has 1 aromatic carbocycles. The quantitative estimate of drug-likeness (QED) is 0.656. The molecule has 0 fully saturated rings. The third kappa shape index (κ3) is 4.83. The lowest BCUT2D eigenvalue weighted by Crippen LogP contribution is -2.32. The number of phenolic OH excluding ortho intramolecular Hbond substituents is 1. The summed E-state index contributed by atoms with van der Waals surface area (Å²) in [5, 5.41) is 14.5. The number of hydrogen-bond donors (Lipinski definition) is 2. The van der Waals surface area contributed by atoms with Gasteiger partial charge in [-0.2, -0.15) is 0 Å². The predicted octanol–water partition coefficient (Wildman–Crippen LogP) is 3.57. The average Bonchev–Trinajstić information content (AvgIpc) is 3.22. The third-order valence-corrected chi connectivity index (χ3v) is 6.27. The Morgan fingerprint density at radius 1 is 1.28 bits per heavy atom. The number of rotatable bonds is 6. The molecule has 0 bridgehead atoms. The fraction of sp³-hybridized carbons (Fsp3) is 0.304. The summed E-state index contributed by atoms with van der Waals surface area (Å²) in [6.07, 6.45) is 3.36. The molecule has 6 heteroatoms. The number of carbonyl (C=O) groups excluding carboxylic acids is 1. The van der Waals surface area contributed by atoms with E-state index >= 15 is 0 Å². The number of aromatic nitrogens is 1. The van der Waals surface area contributed by atoms with E-state index in [0.717, 1.165) is 42.2 Å². The fourth-order valence-electron chi connectivity index (χ4n) is 3.83. The van der Waals surface area contributed by atoms with Gasteiger partial charge in [0.2, 0.25) is 5.91 Å². The van der Waals surface area contributed by atoms with E-state index in [1.165, 1.54) is 16.7 Å². The van der Waals surface area contributed by atoms with E-state index in [4.69, 9.17) is 0 Å². The number of nitrogens with zero attached hydrogens (tertiary/aromatic N) is 2. The van der Waals surface area contributed by atoms with Gasteiger partial charge in [0.25, 0.3) is 0 Å². The Hall–Kier alpha value is -2.70. The van der Waals surface area contributed by atoms with Crippen LogP contribution in [-0.4, -0.2) is 27.4 Å². The van der Waals surface area contributed by atoms with Crippen LogP contribution in [0.2, 0.25) is 0 Å². The van der Waals surface area contributed by atoms with Gasteiger partial charge in [-0.05, 0) is 59.2 Å². The number of nitrogens with one attached hydrogen (secondary N) is 1. The van der Waals surface area contributed by atoms with Crippen molar-refractivity contribution >= 4 is 17.2 Å². The van der Waals surface area contributed by atoms with E-state index in [0.29, 0.717) is 18.7 Å². The Balaban J connectivity index is 1.41. The molecule has 1 aliphatic rings. The Morgan fingerprint density at radius 3 is 2.86 bits per heavy atom. The molecular formula is C23H25N3O2S. The monoisotopic (exact) mass is 407 g/mol. The second-order valence-electron chi connectivity index (χ2n) is 7.49. The largest absolute Gasteiger partial charge is 0.508 e. The number of amides is 1. The Labute approximate surface area is 175 Å². The van der Waals surface area contributed by atoms with Crippen LogP contribution in [-0.2, 0) is 37.3 Å². The van der Waals surface area contributed by atoms with Crippen LogP contribution in [0.3, 0.4) is 0 Å². The highest BCUT2D eigenvalue weighted by Crippen LogP contribution is 2.25. The van der Waals surface area contributed by atoms with Crippen molar-refractivity contribution in [3.05, 3.63) is 80.8 Å². The zero-order chi connectivity index (χ0) is 20.2. The number of carbonyl (C=O) groups is 1. The van der Waals surface area contributed by atoms with Crippen molar-refractivity contribution in [1.82, 2.24) is 15.2 Å². The van der Waals surface area contributed by atoms with Crippen LogP contribution in [0.5, 0.6) is 5.75 Å². The lowest BCUT2D eigenvalue weighted by Gasteiger charge is -2.30. The van der Waals surface area contributed by atoms with E-state index in [-0.39, 0.29) is 5.91 Å². The molecule has 0 unspecified atom stereocenters. The fourth-order valence-corrected chi connectivity index (χ4v) is 4.53. The van der Waals surface area contributed by atoms with Gasteiger partial charge < -0.3 is 10.4 Å². The number of benzene rings is 1. The maximum Gasteiger partial charge on any atom is 0.225 e. The van der Waals surface area contributed by atoms with Gasteiger partial charge in [0.15, 0.2) is 0 Å². The van der Waals surface area contributed by atoms with Crippen molar-refractivity contribution < 1.29 is 9.90 Å². The molecule has 150 valence electrons. The van der Waals surface area contributed by atoms with E-state index in [1.54, 1.807) is 23.5 Å². The molecule has 2 N–H and O–H groups in total. The molecule has 3 aromatic rings. The molecule has 2 aromatic heterocycles. The van der Waals surface area contributed by atoms with Crippen molar-refractivity contribution in [1.29, 1.82) is 0 Å². The van der Waals surface area contributed by atoms with Crippen molar-refractivity contribution in [3.63, 3.8) is 0 Å². The number of pyridine rings is 1. The van der Waals surface area contributed by atoms with Gasteiger partial charge >= 0.3 is 0 Å². The SMILES string of the molecule is Cc1ncc2c(c1CNC(=O)Cc1cccs1)CCN(Cc1ccc(O)cc1)C2. The average molecular weight is 408 g/mol. The van der Waals surface area contributed by atoms with Crippen molar-refractivity contribution in [2.24, 2.45) is 0 Å². The van der Waals surface area contributed by atoms with Crippen LogP contribution in [0.15, 0.2) is 48.0 Å². The molecule has 0 saturated heterocycles. The molecule has 5 nitrogen and oxygen atoms in total. The molecule has 4 rings (SSSR count). The molecule has 1 amide bonds. The van der Waals surface area contributed by atoms with Gasteiger partial charge in [0, 0.05) is 42.9 Å². The highest BCUT2D eigenvalue weighted by molar-refractivity contribution is 7.10. The number of aryl methyl sites for hydroxylation is 1. The molecule has 0 spiro atoms. The van der Waals surface area contributed by atoms with Gasteiger partial charge in [-0.25, -0.2) is 0 Å². The first-order valence-corrected chi connectivity index (χ1v) is 10.7. The van der Waals surface area contributed by atoms with Crippen LogP contribution in [0.1, 0.15) is 32.8 Å². The molecule has 0 atom stereocenters. The smallest absolute Gasteiger partial charge is 0.225 e. The lowest BCUT2D eigenvalue weighted by molar-refractivity contribution is -0.120. The second kappa shape index (κ2) is 8.76. The van der Waals surface area contributed by atoms with E-state index in [2.05, 4.69) is 15.2 Å². The second-order valence-corrected chi connectivity index (χ2v) is 8.52. The number of thiophene rings is 1. The number of phenols is 1. The van der Waals surface area contributed by atoms with Gasteiger partial charge in [-0.1, -0.05) is 18.2 Å². The summed E-state index contributed by atoms with van der Waals surface area (Å²) in [4.78, 5) is 20.4. The van der Waals surface area contributed by atoms with Crippen molar-refractivity contribution in [3.8, 4) is 5.75 Å². The topological polar surface area (TPSA) is 65.5 Å². The summed E-state index contributed by atoms with van der Waals surface area (Å²) in [7, 11) is 0. The molecule has 3 heterocycles. The zero-order valence-electron chi connectivity index (χ0n) is 16.5. The summed E-state index contributed by atoms with van der Waals surface area (Å²) in [5.74, 6) is 0.345. The van der Waals surface area contributed by atoms with Crippen LogP contribution < -0.4 is 5.32 Å². The normalized spacial score (nSPS) is 13.8. The van der Waals surface area contributed by atoms with E-state index < -0.39 is 0 Å². The first-order chi connectivity index (χ1) is 14.1. The summed E-state index contributed by atoms with van der Waals surface area (Å²) < 4.78 is 0. The number of hydrogen-bond acceptors (Lipinski definition) is 5. The predicted molar refractivity (Wildman–Crippen MR) is 115 cm³/mol. The molecule has 0 aliphatic carbocycles. The molecule has 0 radical (unpaired) electrons. The molecule has 29 heavy (non-hydrogen) atoms. The maximum atomic E-state index is 12.3. The molecular weight excluding hydrogens is 382 g/mol. The Bertz CT molecular complexity index is 984. The molecule has 0 saturated carbocycles. The van der Waals surface area contributed by atoms with Crippen molar-refractivity contribution in [2.45, 2.75) is 39.4 Å². The number of fused-ring (bicyclic) bond motifs is 1. The van der Waals surface area contributed by atoms with E-state index in [1.807, 2.05) is 42.8 Å². The van der Waals surface area contributed by atoms with E-state index in [9.17, 15) is 9.90 Å². The standard InChI is InChI=1S/C23H25N3O2S/c1-16-22(13-25-23(28)11-20-3-2-10-29-20)21-8-9-26(15-18(21)12-24-16)14-17-4-6-19(27)7-5-17/h2-7,10,12,27H,8-9,11,13-15H2,1H3,(H,25,28). The summed E-state index contributed by atoms with van der Waals surface area (Å²) in [6, 6.07) is 11.4. The van der Waals surface area contributed by atoms with Gasteiger partial charge in [0.1, 0.15) is 5.75 Å². The van der Waals surface area contributed by atoms with Crippen LogP contribution >= 0.6 is 11.3 Å². The summed E-state index contributed by atoms with van der Waals surface area (Å²) >= 11 is 1.61. The highest BCUT2D eigenvalue weighted by atomic mass is 32.1. The highest BCUT2D eigenvalue weighted by Gasteiger charge is 2.21. The maximum absolute atomic E-state index is 12.3.